The van der Waals surface area contributed by atoms with Gasteiger partial charge in [-0.3, -0.25) is 15.1 Å². The number of non-ortho nitro benzene ring substituents is 1. The minimum atomic E-state index is -0.548. The standard InChI is InChI=1S/C17H16N2O5/c1-2-9-24-17(21)12-3-5-14(6-4-12)18-11-13-10-15(19(22)23)7-8-16(13)20/h3-8,10-11,20H,2,9H2,1H3. The number of carbonyl (C=O) groups excluding carboxylic acids is 1. The van der Waals surface area contributed by atoms with E-state index in [1.165, 1.54) is 24.4 Å². The van der Waals surface area contributed by atoms with Gasteiger partial charge in [0.25, 0.3) is 5.69 Å². The van der Waals surface area contributed by atoms with Gasteiger partial charge in [-0.05, 0) is 36.8 Å². The zero-order valence-electron chi connectivity index (χ0n) is 13.0. The number of ether oxygens (including phenoxy) is 1. The molecule has 0 amide bonds. The molecule has 24 heavy (non-hydrogen) atoms. The van der Waals surface area contributed by atoms with Crippen molar-refractivity contribution in [3.8, 4) is 5.75 Å². The molecule has 0 fully saturated rings. The Hall–Kier alpha value is -3.22. The summed E-state index contributed by atoms with van der Waals surface area (Å²) >= 11 is 0. The summed E-state index contributed by atoms with van der Waals surface area (Å²) in [5.74, 6) is -0.507. The van der Waals surface area contributed by atoms with Crippen LogP contribution in [-0.2, 0) is 4.74 Å². The molecule has 0 aliphatic rings. The molecule has 0 spiro atoms. The maximum Gasteiger partial charge on any atom is 0.338 e. The molecule has 0 aliphatic heterocycles. The number of phenolic OH excluding ortho intramolecular Hbond substituents is 1. The predicted octanol–water partition coefficient (Wildman–Crippen LogP) is 3.62. The fourth-order valence-corrected chi connectivity index (χ4v) is 1.86. The van der Waals surface area contributed by atoms with Crippen LogP contribution in [0.15, 0.2) is 47.5 Å². The van der Waals surface area contributed by atoms with Gasteiger partial charge in [0.15, 0.2) is 0 Å². The molecule has 7 nitrogen and oxygen atoms in total. The summed E-state index contributed by atoms with van der Waals surface area (Å²) in [6.07, 6.45) is 2.08. The number of rotatable bonds is 6. The normalized spacial score (nSPS) is 10.7. The van der Waals surface area contributed by atoms with Crippen molar-refractivity contribution in [2.24, 2.45) is 4.99 Å². The summed E-state index contributed by atoms with van der Waals surface area (Å²) in [6.45, 7) is 2.28. The average molecular weight is 328 g/mol. The largest absolute Gasteiger partial charge is 0.507 e. The SMILES string of the molecule is CCCOC(=O)c1ccc(N=Cc2cc([N+](=O)[O-])ccc2O)cc1. The van der Waals surface area contributed by atoms with E-state index in [1.807, 2.05) is 6.92 Å². The van der Waals surface area contributed by atoms with E-state index >= 15 is 0 Å². The molecular formula is C17H16N2O5. The maximum absolute atomic E-state index is 11.7. The zero-order valence-corrected chi connectivity index (χ0v) is 13.0. The van der Waals surface area contributed by atoms with Crippen molar-refractivity contribution >= 4 is 23.6 Å². The van der Waals surface area contributed by atoms with E-state index in [-0.39, 0.29) is 17.0 Å². The topological polar surface area (TPSA) is 102 Å². The lowest BCUT2D eigenvalue weighted by atomic mass is 10.2. The number of aliphatic imine (C=N–C) groups is 1. The molecule has 0 aliphatic carbocycles. The number of aromatic hydroxyl groups is 1. The summed E-state index contributed by atoms with van der Waals surface area (Å²) in [6, 6.07) is 10.1. The van der Waals surface area contributed by atoms with E-state index < -0.39 is 10.9 Å². The van der Waals surface area contributed by atoms with E-state index in [9.17, 15) is 20.0 Å². The molecule has 2 aromatic carbocycles. The molecule has 0 bridgehead atoms. The van der Waals surface area contributed by atoms with Crippen molar-refractivity contribution in [3.63, 3.8) is 0 Å². The van der Waals surface area contributed by atoms with Crippen molar-refractivity contribution in [1.29, 1.82) is 0 Å². The lowest BCUT2D eigenvalue weighted by Crippen LogP contribution is -2.05. The highest BCUT2D eigenvalue weighted by Gasteiger charge is 2.09. The van der Waals surface area contributed by atoms with Crippen molar-refractivity contribution < 1.29 is 19.6 Å². The van der Waals surface area contributed by atoms with Crippen LogP contribution in [0, 0.1) is 10.1 Å². The molecule has 0 aromatic heterocycles. The van der Waals surface area contributed by atoms with Crippen molar-refractivity contribution in [2.75, 3.05) is 6.61 Å². The Kier molecular flexibility index (Phi) is 5.62. The van der Waals surface area contributed by atoms with Gasteiger partial charge in [-0.25, -0.2) is 4.79 Å². The Bertz CT molecular complexity index is 769. The molecule has 124 valence electrons. The van der Waals surface area contributed by atoms with Gasteiger partial charge in [-0.15, -0.1) is 0 Å². The first kappa shape index (κ1) is 17.1. The third kappa shape index (κ3) is 4.39. The number of hydrogen-bond donors (Lipinski definition) is 1. The van der Waals surface area contributed by atoms with E-state index in [0.29, 0.717) is 17.9 Å². The highest BCUT2D eigenvalue weighted by atomic mass is 16.6. The summed E-state index contributed by atoms with van der Waals surface area (Å²) in [7, 11) is 0. The highest BCUT2D eigenvalue weighted by molar-refractivity contribution is 5.90. The van der Waals surface area contributed by atoms with Crippen LogP contribution in [0.3, 0.4) is 0 Å². The number of nitro groups is 1. The second kappa shape index (κ2) is 7.87. The fourth-order valence-electron chi connectivity index (χ4n) is 1.86. The van der Waals surface area contributed by atoms with Gasteiger partial charge in [0, 0.05) is 23.9 Å². The number of carbonyl (C=O) groups is 1. The predicted molar refractivity (Wildman–Crippen MR) is 89.0 cm³/mol. The minimum absolute atomic E-state index is 0.107. The molecule has 0 saturated heterocycles. The molecule has 2 aromatic rings. The van der Waals surface area contributed by atoms with Crippen LogP contribution >= 0.6 is 0 Å². The number of benzene rings is 2. The van der Waals surface area contributed by atoms with Gasteiger partial charge in [0.05, 0.1) is 22.8 Å². The van der Waals surface area contributed by atoms with Crippen molar-refractivity contribution in [2.45, 2.75) is 13.3 Å². The number of nitrogens with zero attached hydrogens (tertiary/aromatic N) is 2. The molecule has 7 heteroatoms. The second-order valence-electron chi connectivity index (χ2n) is 4.94. The molecule has 1 N–H and O–H groups in total. The highest BCUT2D eigenvalue weighted by Crippen LogP contribution is 2.22. The Morgan fingerprint density at radius 3 is 2.62 bits per heavy atom. The van der Waals surface area contributed by atoms with Gasteiger partial charge in [0.1, 0.15) is 5.75 Å². The Morgan fingerprint density at radius 1 is 1.29 bits per heavy atom. The molecular weight excluding hydrogens is 312 g/mol. The number of nitro benzene ring substituents is 1. The summed E-state index contributed by atoms with van der Waals surface area (Å²) in [5, 5.41) is 20.5. The smallest absolute Gasteiger partial charge is 0.338 e. The zero-order chi connectivity index (χ0) is 17.5. The quantitative estimate of drug-likeness (QED) is 0.377. The van der Waals surface area contributed by atoms with Crippen LogP contribution < -0.4 is 0 Å². The van der Waals surface area contributed by atoms with Gasteiger partial charge in [-0.2, -0.15) is 0 Å². The molecule has 0 atom stereocenters. The fraction of sp³-hybridized carbons (Fsp3) is 0.176. The Labute approximate surface area is 138 Å². The lowest BCUT2D eigenvalue weighted by Gasteiger charge is -2.03. The molecule has 0 radical (unpaired) electrons. The van der Waals surface area contributed by atoms with Crippen LogP contribution in [0.4, 0.5) is 11.4 Å². The molecule has 0 unspecified atom stereocenters. The van der Waals surface area contributed by atoms with Gasteiger partial charge < -0.3 is 9.84 Å². The first-order valence-electron chi connectivity index (χ1n) is 7.30. The number of hydrogen-bond acceptors (Lipinski definition) is 6. The van der Waals surface area contributed by atoms with Crippen molar-refractivity contribution in [1.82, 2.24) is 0 Å². The molecule has 0 saturated carbocycles. The Balaban J connectivity index is 2.14. The van der Waals surface area contributed by atoms with Crippen LogP contribution in [0.25, 0.3) is 0 Å². The minimum Gasteiger partial charge on any atom is -0.507 e. The summed E-state index contributed by atoms with van der Waals surface area (Å²) < 4.78 is 5.02. The van der Waals surface area contributed by atoms with Crippen LogP contribution in [0.5, 0.6) is 5.75 Å². The monoisotopic (exact) mass is 328 g/mol. The van der Waals surface area contributed by atoms with E-state index in [0.717, 1.165) is 6.42 Å². The third-order valence-electron chi connectivity index (χ3n) is 3.11. The van der Waals surface area contributed by atoms with Gasteiger partial charge >= 0.3 is 5.97 Å². The first-order valence-corrected chi connectivity index (χ1v) is 7.30. The molecule has 2 rings (SSSR count). The van der Waals surface area contributed by atoms with Crippen molar-refractivity contribution in [3.05, 3.63) is 63.7 Å². The van der Waals surface area contributed by atoms with E-state index in [1.54, 1.807) is 24.3 Å². The van der Waals surface area contributed by atoms with E-state index in [4.69, 9.17) is 4.74 Å². The lowest BCUT2D eigenvalue weighted by molar-refractivity contribution is -0.384. The average Bonchev–Trinajstić information content (AvgIpc) is 2.59. The molecule has 0 heterocycles. The number of esters is 1. The van der Waals surface area contributed by atoms with E-state index in [2.05, 4.69) is 4.99 Å². The number of phenols is 1. The van der Waals surface area contributed by atoms with Gasteiger partial charge in [-0.1, -0.05) is 6.92 Å². The first-order chi connectivity index (χ1) is 11.5. The second-order valence-corrected chi connectivity index (χ2v) is 4.94. The van der Waals surface area contributed by atoms with Gasteiger partial charge in [0.2, 0.25) is 0 Å². The summed E-state index contributed by atoms with van der Waals surface area (Å²) in [5.41, 5.74) is 1.05. The third-order valence-corrected chi connectivity index (χ3v) is 3.11. The Morgan fingerprint density at radius 2 is 2.00 bits per heavy atom. The summed E-state index contributed by atoms with van der Waals surface area (Å²) in [4.78, 5) is 26.0. The van der Waals surface area contributed by atoms with Crippen LogP contribution in [0.1, 0.15) is 29.3 Å². The van der Waals surface area contributed by atoms with Crippen LogP contribution in [-0.4, -0.2) is 28.8 Å². The maximum atomic E-state index is 11.7. The van der Waals surface area contributed by atoms with Crippen LogP contribution in [0.2, 0.25) is 0 Å².